The van der Waals surface area contributed by atoms with Gasteiger partial charge < -0.3 is 25.2 Å². The minimum atomic E-state index is -1.41. The lowest BCUT2D eigenvalue weighted by Gasteiger charge is -2.31. The molecule has 1 aliphatic rings. The molecule has 1 aromatic rings. The molecule has 108 valence electrons. The second-order valence-electron chi connectivity index (χ2n) is 4.17. The Bertz CT molecular complexity index is 401. The molecule has 0 spiro atoms. The van der Waals surface area contributed by atoms with Crippen LogP contribution in [0.5, 0.6) is 0 Å². The first-order chi connectivity index (χ1) is 8.82. The molecular formula is C12H16F2O5. The van der Waals surface area contributed by atoms with Gasteiger partial charge in [0.15, 0.2) is 6.29 Å². The molecule has 7 heteroatoms. The summed E-state index contributed by atoms with van der Waals surface area (Å²) in [5, 5.41) is 35.3. The van der Waals surface area contributed by atoms with Crippen molar-refractivity contribution in [2.24, 2.45) is 0 Å². The third kappa shape index (κ3) is 4.48. The molecule has 2 rings (SSSR count). The highest BCUT2D eigenvalue weighted by Gasteiger charge is 2.36. The maximum atomic E-state index is 12.3. The molecule has 4 atom stereocenters. The summed E-state index contributed by atoms with van der Waals surface area (Å²) in [6.45, 7) is 1.44. The highest BCUT2D eigenvalue weighted by atomic mass is 19.1. The van der Waals surface area contributed by atoms with Gasteiger partial charge in [0.1, 0.15) is 29.9 Å². The summed E-state index contributed by atoms with van der Waals surface area (Å²) in [4.78, 5) is 0. The lowest BCUT2D eigenvalue weighted by Crippen LogP contribution is -2.52. The van der Waals surface area contributed by atoms with Gasteiger partial charge in [0, 0.05) is 6.07 Å². The van der Waals surface area contributed by atoms with Crippen molar-refractivity contribution in [1.82, 2.24) is 0 Å². The number of benzene rings is 1. The van der Waals surface area contributed by atoms with Gasteiger partial charge in [0.05, 0.1) is 6.61 Å². The second kappa shape index (κ2) is 6.88. The van der Waals surface area contributed by atoms with Gasteiger partial charge in [0.25, 0.3) is 0 Å². The number of rotatable bonds is 0. The van der Waals surface area contributed by atoms with E-state index in [0.29, 0.717) is 5.56 Å². The highest BCUT2D eigenvalue weighted by molar-refractivity contribution is 5.16. The standard InChI is InChI=1S/C7H6F2.C5H10O5/c1-5-2-3-6(8)4-7(5)9;6-2-1-10-5(9)4(8)3(2)7/h2-4H,1H3;2-9H,1H2/t;2-,3-,4-,5?/m.1/s1. The molecule has 5 nitrogen and oxygen atoms in total. The first-order valence-corrected chi connectivity index (χ1v) is 5.58. The summed E-state index contributed by atoms with van der Waals surface area (Å²) in [6, 6.07) is 3.51. The van der Waals surface area contributed by atoms with Crippen LogP contribution in [0, 0.1) is 18.6 Å². The molecule has 1 aliphatic heterocycles. The van der Waals surface area contributed by atoms with Gasteiger partial charge in [0.2, 0.25) is 0 Å². The Morgan fingerprint density at radius 1 is 1.11 bits per heavy atom. The molecule has 1 fully saturated rings. The summed E-state index contributed by atoms with van der Waals surface area (Å²) in [5.74, 6) is -1.02. The van der Waals surface area contributed by atoms with Crippen LogP contribution in [0.1, 0.15) is 5.56 Å². The lowest BCUT2D eigenvalue weighted by atomic mass is 10.1. The van der Waals surface area contributed by atoms with Gasteiger partial charge in [-0.3, -0.25) is 0 Å². The predicted molar refractivity (Wildman–Crippen MR) is 61.1 cm³/mol. The number of hydrogen-bond donors (Lipinski definition) is 4. The SMILES string of the molecule is Cc1ccc(F)cc1F.OC1OC[C@@H](O)[C@@H](O)[C@H]1O. The van der Waals surface area contributed by atoms with Crippen LogP contribution < -0.4 is 0 Å². The van der Waals surface area contributed by atoms with Gasteiger partial charge >= 0.3 is 0 Å². The molecule has 0 aromatic heterocycles. The molecule has 0 amide bonds. The van der Waals surface area contributed by atoms with E-state index in [2.05, 4.69) is 4.74 Å². The zero-order valence-corrected chi connectivity index (χ0v) is 10.2. The Balaban J connectivity index is 0.000000191. The average Bonchev–Trinajstić information content (AvgIpc) is 2.37. The van der Waals surface area contributed by atoms with Crippen molar-refractivity contribution in [2.75, 3.05) is 6.61 Å². The van der Waals surface area contributed by atoms with Crippen molar-refractivity contribution in [3.63, 3.8) is 0 Å². The van der Waals surface area contributed by atoms with Crippen LogP contribution >= 0.6 is 0 Å². The Labute approximate surface area is 108 Å². The Morgan fingerprint density at radius 3 is 2.21 bits per heavy atom. The van der Waals surface area contributed by atoms with E-state index < -0.39 is 36.2 Å². The third-order valence-corrected chi connectivity index (χ3v) is 2.61. The fourth-order valence-corrected chi connectivity index (χ4v) is 1.36. The van der Waals surface area contributed by atoms with E-state index >= 15 is 0 Å². The molecule has 1 unspecified atom stereocenters. The van der Waals surface area contributed by atoms with Gasteiger partial charge in [-0.05, 0) is 18.6 Å². The van der Waals surface area contributed by atoms with Crippen LogP contribution in [0.15, 0.2) is 18.2 Å². The largest absolute Gasteiger partial charge is 0.388 e. The minimum absolute atomic E-state index is 0.153. The van der Waals surface area contributed by atoms with E-state index in [9.17, 15) is 8.78 Å². The average molecular weight is 278 g/mol. The van der Waals surface area contributed by atoms with E-state index in [4.69, 9.17) is 20.4 Å². The molecule has 1 aromatic carbocycles. The minimum Gasteiger partial charge on any atom is -0.388 e. The van der Waals surface area contributed by atoms with Gasteiger partial charge in [-0.1, -0.05) is 6.07 Å². The summed E-state index contributed by atoms with van der Waals surface area (Å²) in [7, 11) is 0. The van der Waals surface area contributed by atoms with E-state index in [0.717, 1.165) is 6.07 Å². The normalized spacial score (nSPS) is 30.5. The molecule has 1 saturated heterocycles. The summed E-state index contributed by atoms with van der Waals surface area (Å²) < 4.78 is 28.9. The van der Waals surface area contributed by atoms with Crippen molar-refractivity contribution in [2.45, 2.75) is 31.5 Å². The summed E-state index contributed by atoms with van der Waals surface area (Å²) >= 11 is 0. The number of aryl methyl sites for hydroxylation is 1. The van der Waals surface area contributed by atoms with Crippen molar-refractivity contribution < 1.29 is 33.9 Å². The first-order valence-electron chi connectivity index (χ1n) is 5.58. The highest BCUT2D eigenvalue weighted by Crippen LogP contribution is 2.12. The smallest absolute Gasteiger partial charge is 0.183 e. The van der Waals surface area contributed by atoms with E-state index in [1.807, 2.05) is 0 Å². The number of aliphatic hydroxyl groups excluding tert-OH is 4. The zero-order chi connectivity index (χ0) is 14.6. The van der Waals surface area contributed by atoms with Gasteiger partial charge in [-0.25, -0.2) is 8.78 Å². The Hall–Kier alpha value is -1.12. The molecule has 4 N–H and O–H groups in total. The number of aliphatic hydroxyl groups is 4. The van der Waals surface area contributed by atoms with Crippen molar-refractivity contribution in [3.05, 3.63) is 35.4 Å². The van der Waals surface area contributed by atoms with Crippen LogP contribution in [-0.2, 0) is 4.74 Å². The lowest BCUT2D eigenvalue weighted by molar-refractivity contribution is -0.252. The zero-order valence-electron chi connectivity index (χ0n) is 10.2. The van der Waals surface area contributed by atoms with Crippen LogP contribution in [-0.4, -0.2) is 51.6 Å². The number of halogens is 2. The summed E-state index contributed by atoms with van der Waals surface area (Å²) in [5.41, 5.74) is 0.469. The first kappa shape index (κ1) is 15.9. The van der Waals surface area contributed by atoms with Crippen molar-refractivity contribution in [1.29, 1.82) is 0 Å². The third-order valence-electron chi connectivity index (χ3n) is 2.61. The van der Waals surface area contributed by atoms with E-state index in [-0.39, 0.29) is 6.61 Å². The fourth-order valence-electron chi connectivity index (χ4n) is 1.36. The number of hydrogen-bond acceptors (Lipinski definition) is 5. The van der Waals surface area contributed by atoms with Crippen LogP contribution in [0.3, 0.4) is 0 Å². The monoisotopic (exact) mass is 278 g/mol. The maximum Gasteiger partial charge on any atom is 0.183 e. The molecule has 0 aliphatic carbocycles. The quantitative estimate of drug-likeness (QED) is 0.523. The Morgan fingerprint density at radius 2 is 1.74 bits per heavy atom. The predicted octanol–water partition coefficient (Wildman–Crippen LogP) is -0.309. The molecule has 0 saturated carbocycles. The van der Waals surface area contributed by atoms with Gasteiger partial charge in [-0.2, -0.15) is 0 Å². The van der Waals surface area contributed by atoms with Gasteiger partial charge in [-0.15, -0.1) is 0 Å². The molecular weight excluding hydrogens is 262 g/mol. The molecule has 1 heterocycles. The number of ether oxygens (including phenoxy) is 1. The van der Waals surface area contributed by atoms with Crippen molar-refractivity contribution in [3.8, 4) is 0 Å². The van der Waals surface area contributed by atoms with Crippen LogP contribution in [0.2, 0.25) is 0 Å². The molecule has 0 bridgehead atoms. The maximum absolute atomic E-state index is 12.3. The van der Waals surface area contributed by atoms with E-state index in [1.54, 1.807) is 6.92 Å². The van der Waals surface area contributed by atoms with Crippen LogP contribution in [0.4, 0.5) is 8.78 Å². The van der Waals surface area contributed by atoms with E-state index in [1.165, 1.54) is 12.1 Å². The Kier molecular flexibility index (Phi) is 5.77. The molecule has 0 radical (unpaired) electrons. The van der Waals surface area contributed by atoms with Crippen molar-refractivity contribution >= 4 is 0 Å². The second-order valence-corrected chi connectivity index (χ2v) is 4.17. The fraction of sp³-hybridized carbons (Fsp3) is 0.500. The van der Waals surface area contributed by atoms with Crippen LogP contribution in [0.25, 0.3) is 0 Å². The topological polar surface area (TPSA) is 90.2 Å². The molecule has 19 heavy (non-hydrogen) atoms. The summed E-state index contributed by atoms with van der Waals surface area (Å²) in [6.07, 6.45) is -5.23.